The first kappa shape index (κ1) is 17.8. The molecular weight excluding hydrogens is 320 g/mol. The molecule has 2 aromatic rings. The van der Waals surface area contributed by atoms with E-state index in [0.717, 1.165) is 5.56 Å². The molecule has 2 aromatic carbocycles. The first-order valence-electron chi connectivity index (χ1n) is 7.45. The monoisotopic (exact) mass is 338 g/mol. The molecule has 0 radical (unpaired) electrons. The summed E-state index contributed by atoms with van der Waals surface area (Å²) >= 11 is 0. The Balaban J connectivity index is 1.87. The molecule has 0 aliphatic carbocycles. The van der Waals surface area contributed by atoms with Gasteiger partial charge in [-0.05, 0) is 24.3 Å². The molecule has 0 fully saturated rings. The van der Waals surface area contributed by atoms with Crippen molar-refractivity contribution in [2.24, 2.45) is 0 Å². The Hall–Kier alpha value is -2.57. The Kier molecular flexibility index (Phi) is 6.60. The van der Waals surface area contributed by atoms with Crippen molar-refractivity contribution >= 4 is 9.84 Å². The summed E-state index contributed by atoms with van der Waals surface area (Å²) in [5.41, 5.74) is 3.44. The van der Waals surface area contributed by atoms with Crippen LogP contribution in [-0.4, -0.2) is 21.6 Å². The molecule has 0 heterocycles. The van der Waals surface area contributed by atoms with Crippen LogP contribution in [0.1, 0.15) is 12.0 Å². The minimum atomic E-state index is -3.56. The van der Waals surface area contributed by atoms with Gasteiger partial charge in [0.15, 0.2) is 0 Å². The average Bonchev–Trinajstić information content (AvgIpc) is 2.62. The third-order valence-corrected chi connectivity index (χ3v) is 5.12. The van der Waals surface area contributed by atoms with Crippen molar-refractivity contribution in [1.82, 2.24) is 0 Å². The molecule has 0 unspecified atom stereocenters. The second-order valence-corrected chi connectivity index (χ2v) is 6.86. The topological polar surface area (TPSA) is 43.4 Å². The fraction of sp³-hybridized carbons (Fsp3) is 0.150. The van der Waals surface area contributed by atoms with Gasteiger partial charge in [0, 0.05) is 12.0 Å². The van der Waals surface area contributed by atoms with Crippen LogP contribution in [0.2, 0.25) is 0 Å². The number of hydrogen-bond acceptors (Lipinski definition) is 3. The molecular formula is C20H18O3S. The van der Waals surface area contributed by atoms with Gasteiger partial charge in [0.25, 0.3) is 0 Å². The predicted molar refractivity (Wildman–Crippen MR) is 95.0 cm³/mol. The molecule has 4 heteroatoms. The van der Waals surface area contributed by atoms with Gasteiger partial charge in [-0.1, -0.05) is 54.8 Å². The smallest absolute Gasteiger partial charge is 0.210 e. The molecule has 0 amide bonds. The molecule has 0 N–H and O–H groups in total. The first-order valence-corrected chi connectivity index (χ1v) is 8.93. The van der Waals surface area contributed by atoms with Crippen LogP contribution in [0.3, 0.4) is 0 Å². The molecule has 0 aromatic heterocycles. The quantitative estimate of drug-likeness (QED) is 0.459. The standard InChI is InChI=1S/C20H18O3S/c1-2-19(24(21,22)20-13-7-4-8-14-20)15-17-23-16-9-12-18-10-5-3-6-11-18/h3-8,10-11,13-14H,1,15-17H2. The highest BCUT2D eigenvalue weighted by atomic mass is 32.2. The largest absolute Gasteiger partial charge is 0.368 e. The lowest BCUT2D eigenvalue weighted by Gasteiger charge is -2.07. The van der Waals surface area contributed by atoms with Gasteiger partial charge in [-0.2, -0.15) is 0 Å². The van der Waals surface area contributed by atoms with Gasteiger partial charge in [0.1, 0.15) is 6.61 Å². The van der Waals surface area contributed by atoms with Gasteiger partial charge in [0.2, 0.25) is 9.84 Å². The number of hydrogen-bond donors (Lipinski definition) is 0. The average molecular weight is 338 g/mol. The van der Waals surface area contributed by atoms with Crippen LogP contribution in [0.4, 0.5) is 0 Å². The summed E-state index contributed by atoms with van der Waals surface area (Å²) in [6, 6.07) is 17.8. The summed E-state index contributed by atoms with van der Waals surface area (Å²) in [6.07, 6.45) is 0.216. The maximum atomic E-state index is 12.4. The van der Waals surface area contributed by atoms with E-state index in [-0.39, 0.29) is 29.4 Å². The van der Waals surface area contributed by atoms with E-state index in [1.165, 1.54) is 0 Å². The van der Waals surface area contributed by atoms with Crippen LogP contribution in [0.15, 0.2) is 82.8 Å². The number of rotatable bonds is 6. The molecule has 24 heavy (non-hydrogen) atoms. The van der Waals surface area contributed by atoms with Gasteiger partial charge in [0.05, 0.1) is 16.4 Å². The van der Waals surface area contributed by atoms with Gasteiger partial charge in [-0.15, -0.1) is 5.73 Å². The second-order valence-electron chi connectivity index (χ2n) is 4.89. The van der Waals surface area contributed by atoms with Crippen molar-refractivity contribution in [2.45, 2.75) is 11.3 Å². The maximum Gasteiger partial charge on any atom is 0.210 e. The number of sulfone groups is 1. The lowest BCUT2D eigenvalue weighted by atomic mass is 10.2. The third kappa shape index (κ3) is 4.97. The molecule has 3 nitrogen and oxygen atoms in total. The van der Waals surface area contributed by atoms with Crippen LogP contribution in [0.5, 0.6) is 0 Å². The molecule has 0 spiro atoms. The molecule has 0 aliphatic rings. The van der Waals surface area contributed by atoms with Crippen LogP contribution in [0.25, 0.3) is 0 Å². The van der Waals surface area contributed by atoms with E-state index in [9.17, 15) is 8.42 Å². The number of ether oxygens (including phenoxy) is 1. The van der Waals surface area contributed by atoms with Crippen molar-refractivity contribution in [3.05, 3.63) is 83.4 Å². The summed E-state index contributed by atoms with van der Waals surface area (Å²) < 4.78 is 30.3. The zero-order valence-electron chi connectivity index (χ0n) is 13.2. The highest BCUT2D eigenvalue weighted by Gasteiger charge is 2.19. The summed E-state index contributed by atoms with van der Waals surface area (Å²) in [7, 11) is -3.56. The first-order chi connectivity index (χ1) is 11.6. The van der Waals surface area contributed by atoms with E-state index in [1.807, 2.05) is 30.3 Å². The fourth-order valence-electron chi connectivity index (χ4n) is 2.01. The highest BCUT2D eigenvalue weighted by molar-refractivity contribution is 7.95. The van der Waals surface area contributed by atoms with Crippen molar-refractivity contribution in [3.8, 4) is 11.8 Å². The summed E-state index contributed by atoms with van der Waals surface area (Å²) in [5.74, 6) is 5.87. The number of benzene rings is 2. The van der Waals surface area contributed by atoms with E-state index in [0.29, 0.717) is 0 Å². The van der Waals surface area contributed by atoms with E-state index in [4.69, 9.17) is 4.74 Å². The van der Waals surface area contributed by atoms with E-state index in [1.54, 1.807) is 30.3 Å². The summed E-state index contributed by atoms with van der Waals surface area (Å²) in [4.78, 5) is 0.365. The SMILES string of the molecule is C=C=C(CCOCC#Cc1ccccc1)S(=O)(=O)c1ccccc1. The Bertz CT molecular complexity index is 867. The van der Waals surface area contributed by atoms with Crippen LogP contribution < -0.4 is 0 Å². The van der Waals surface area contributed by atoms with Crippen molar-refractivity contribution in [3.63, 3.8) is 0 Å². The normalized spacial score (nSPS) is 10.3. The molecule has 0 atom stereocenters. The van der Waals surface area contributed by atoms with Gasteiger partial charge in [-0.25, -0.2) is 8.42 Å². The van der Waals surface area contributed by atoms with Crippen LogP contribution in [0, 0.1) is 11.8 Å². The maximum absolute atomic E-state index is 12.4. The molecule has 0 bridgehead atoms. The van der Waals surface area contributed by atoms with E-state index < -0.39 is 9.84 Å². The Morgan fingerprint density at radius 2 is 1.62 bits per heavy atom. The predicted octanol–water partition coefficient (Wildman–Crippen LogP) is 3.59. The van der Waals surface area contributed by atoms with Crippen LogP contribution >= 0.6 is 0 Å². The van der Waals surface area contributed by atoms with E-state index >= 15 is 0 Å². The molecule has 122 valence electrons. The summed E-state index contributed by atoms with van der Waals surface area (Å²) in [6.45, 7) is 3.97. The fourth-order valence-corrected chi connectivity index (χ4v) is 3.35. The Labute approximate surface area is 143 Å². The Morgan fingerprint density at radius 1 is 1.00 bits per heavy atom. The molecule has 0 saturated heterocycles. The zero-order chi connectivity index (χ0) is 17.3. The third-order valence-electron chi connectivity index (χ3n) is 3.23. The molecule has 0 saturated carbocycles. The Morgan fingerprint density at radius 3 is 2.25 bits per heavy atom. The molecule has 0 aliphatic heterocycles. The second kappa shape index (κ2) is 8.90. The van der Waals surface area contributed by atoms with E-state index in [2.05, 4.69) is 24.2 Å². The minimum absolute atomic E-state index is 0.129. The molecule has 2 rings (SSSR count). The zero-order valence-corrected chi connectivity index (χ0v) is 14.1. The van der Waals surface area contributed by atoms with Crippen molar-refractivity contribution in [1.29, 1.82) is 0 Å². The lowest BCUT2D eigenvalue weighted by Crippen LogP contribution is -2.07. The van der Waals surface area contributed by atoms with Gasteiger partial charge in [-0.3, -0.25) is 0 Å². The van der Waals surface area contributed by atoms with Crippen LogP contribution in [-0.2, 0) is 14.6 Å². The highest BCUT2D eigenvalue weighted by Crippen LogP contribution is 2.20. The summed E-state index contributed by atoms with van der Waals surface area (Å²) in [5, 5.41) is 0. The lowest BCUT2D eigenvalue weighted by molar-refractivity contribution is 0.171. The minimum Gasteiger partial charge on any atom is -0.368 e. The van der Waals surface area contributed by atoms with Gasteiger partial charge >= 0.3 is 0 Å². The van der Waals surface area contributed by atoms with Crippen molar-refractivity contribution < 1.29 is 13.2 Å². The van der Waals surface area contributed by atoms with Gasteiger partial charge < -0.3 is 4.74 Å². The van der Waals surface area contributed by atoms with Crippen molar-refractivity contribution in [2.75, 3.05) is 13.2 Å².